The van der Waals surface area contributed by atoms with Crippen LogP contribution in [-0.4, -0.2) is 27.7 Å². The zero-order valence-corrected chi connectivity index (χ0v) is 8.31. The van der Waals surface area contributed by atoms with Crippen LogP contribution < -0.4 is 0 Å². The topological polar surface area (TPSA) is 26.3 Å². The van der Waals surface area contributed by atoms with E-state index in [4.69, 9.17) is 0 Å². The molecule has 0 saturated carbocycles. The summed E-state index contributed by atoms with van der Waals surface area (Å²) in [6, 6.07) is 0. The first-order valence-electron chi connectivity index (χ1n) is 3.01. The molecule has 0 bridgehead atoms. The molecule has 0 rings (SSSR count). The zero-order chi connectivity index (χ0) is 9.61. The SMILES string of the molecule is C=IC(=O)CCOCC(F)(F)F. The Labute approximate surface area is 77.8 Å². The lowest BCUT2D eigenvalue weighted by Gasteiger charge is -2.05. The summed E-state index contributed by atoms with van der Waals surface area (Å²) in [4.78, 5) is 10.6. The normalized spacial score (nSPS) is 11.6. The van der Waals surface area contributed by atoms with Gasteiger partial charge in [-0.3, -0.25) is 4.79 Å². The van der Waals surface area contributed by atoms with Crippen LogP contribution in [0.25, 0.3) is 0 Å². The zero-order valence-electron chi connectivity index (χ0n) is 6.16. The largest absolute Gasteiger partial charge is 0.411 e. The fourth-order valence-corrected chi connectivity index (χ4v) is 1.01. The van der Waals surface area contributed by atoms with Gasteiger partial charge in [-0.15, -0.1) is 0 Å². The van der Waals surface area contributed by atoms with Gasteiger partial charge in [0.15, 0.2) is 3.79 Å². The average molecular weight is 296 g/mol. The summed E-state index contributed by atoms with van der Waals surface area (Å²) in [5.74, 6) is 0. The number of alkyl halides is 3. The summed E-state index contributed by atoms with van der Waals surface area (Å²) >= 11 is -0.752. The van der Waals surface area contributed by atoms with E-state index in [9.17, 15) is 18.0 Å². The van der Waals surface area contributed by atoms with Crippen molar-refractivity contribution < 1.29 is 22.7 Å². The predicted molar refractivity (Wildman–Crippen MR) is 47.6 cm³/mol. The van der Waals surface area contributed by atoms with E-state index in [-0.39, 0.29) is 16.8 Å². The van der Waals surface area contributed by atoms with E-state index < -0.39 is 33.5 Å². The molecule has 0 aliphatic carbocycles. The highest BCUT2D eigenvalue weighted by molar-refractivity contribution is 14.2. The fourth-order valence-electron chi connectivity index (χ4n) is 0.407. The van der Waals surface area contributed by atoms with Gasteiger partial charge in [0, 0.05) is 6.42 Å². The molecule has 0 heterocycles. The first-order valence-corrected chi connectivity index (χ1v) is 5.62. The Hall–Kier alpha value is 0.0200. The number of hydrogen-bond acceptors (Lipinski definition) is 2. The van der Waals surface area contributed by atoms with E-state index in [0.717, 1.165) is 0 Å². The molecule has 0 aromatic carbocycles. The van der Waals surface area contributed by atoms with Gasteiger partial charge in [0.2, 0.25) is 0 Å². The van der Waals surface area contributed by atoms with Crippen LogP contribution in [0.4, 0.5) is 13.2 Å². The molecule has 6 heteroatoms. The van der Waals surface area contributed by atoms with Gasteiger partial charge < -0.3 is 4.74 Å². The molecule has 0 saturated heterocycles. The smallest absolute Gasteiger partial charge is 0.372 e. The third kappa shape index (κ3) is 8.12. The van der Waals surface area contributed by atoms with Gasteiger partial charge in [-0.1, -0.05) is 25.2 Å². The van der Waals surface area contributed by atoms with Crippen molar-refractivity contribution in [1.82, 2.24) is 0 Å². The van der Waals surface area contributed by atoms with Crippen molar-refractivity contribution in [1.29, 1.82) is 0 Å². The fraction of sp³-hybridized carbons (Fsp3) is 0.667. The molecule has 12 heavy (non-hydrogen) atoms. The number of ether oxygens (including phenoxy) is 1. The number of halogens is 4. The molecule has 0 N–H and O–H groups in total. The summed E-state index contributed by atoms with van der Waals surface area (Å²) in [5, 5.41) is 0. The predicted octanol–water partition coefficient (Wildman–Crippen LogP) is 1.88. The van der Waals surface area contributed by atoms with E-state index in [1.165, 1.54) is 0 Å². The highest BCUT2D eigenvalue weighted by Crippen LogP contribution is 2.14. The van der Waals surface area contributed by atoms with Crippen molar-refractivity contribution >= 4 is 29.0 Å². The summed E-state index contributed by atoms with van der Waals surface area (Å²) in [6.07, 6.45) is -4.25. The minimum Gasteiger partial charge on any atom is -0.372 e. The Bertz CT molecular complexity index is 167. The number of carbonyl (C=O) groups is 1. The Morgan fingerprint density at radius 2 is 2.08 bits per heavy atom. The quantitative estimate of drug-likeness (QED) is 0.440. The molecular weight excluding hydrogens is 288 g/mol. The maximum atomic E-state index is 11.4. The van der Waals surface area contributed by atoms with E-state index in [1.54, 1.807) is 0 Å². The Morgan fingerprint density at radius 1 is 1.50 bits per heavy atom. The second-order valence-corrected chi connectivity index (χ2v) is 3.87. The van der Waals surface area contributed by atoms with Gasteiger partial charge in [-0.25, -0.2) is 0 Å². The molecule has 0 atom stereocenters. The highest BCUT2D eigenvalue weighted by atomic mass is 127. The monoisotopic (exact) mass is 296 g/mol. The molecule has 72 valence electrons. The minimum atomic E-state index is -4.30. The summed E-state index contributed by atoms with van der Waals surface area (Å²) < 4.78 is 41.9. The molecular formula is C6H8F3IO2. The Morgan fingerprint density at radius 3 is 2.50 bits per heavy atom. The van der Waals surface area contributed by atoms with Gasteiger partial charge in [-0.05, 0) is 0 Å². The van der Waals surface area contributed by atoms with Crippen LogP contribution in [0.15, 0.2) is 0 Å². The number of carbonyl (C=O) groups excluding carboxylic acids is 1. The van der Waals surface area contributed by atoms with Crippen molar-refractivity contribution in [2.45, 2.75) is 12.6 Å². The number of rotatable bonds is 5. The van der Waals surface area contributed by atoms with Crippen molar-refractivity contribution in [3.05, 3.63) is 0 Å². The summed E-state index contributed by atoms with van der Waals surface area (Å²) in [6.45, 7) is -1.44. The molecule has 0 amide bonds. The number of hydrogen-bond donors (Lipinski definition) is 0. The van der Waals surface area contributed by atoms with Gasteiger partial charge in [0.1, 0.15) is 6.61 Å². The highest BCUT2D eigenvalue weighted by Gasteiger charge is 2.27. The first-order chi connectivity index (χ1) is 5.45. The summed E-state index contributed by atoms with van der Waals surface area (Å²) in [7, 11) is 0. The molecule has 0 fully saturated rings. The second kappa shape index (κ2) is 5.63. The van der Waals surface area contributed by atoms with E-state index in [0.29, 0.717) is 0 Å². The molecule has 0 aromatic heterocycles. The molecule has 0 spiro atoms. The van der Waals surface area contributed by atoms with Crippen molar-refractivity contribution in [2.75, 3.05) is 13.2 Å². The molecule has 0 radical (unpaired) electrons. The van der Waals surface area contributed by atoms with E-state index >= 15 is 0 Å². The lowest BCUT2D eigenvalue weighted by atomic mass is 10.5. The molecule has 0 aliphatic rings. The van der Waals surface area contributed by atoms with Crippen molar-refractivity contribution in [2.24, 2.45) is 0 Å². The van der Waals surface area contributed by atoms with Crippen LogP contribution in [0.3, 0.4) is 0 Å². The van der Waals surface area contributed by atoms with Crippen LogP contribution in [0.1, 0.15) is 6.42 Å². The maximum absolute atomic E-state index is 11.4. The second-order valence-electron chi connectivity index (χ2n) is 1.91. The Balaban J connectivity index is 3.34. The van der Waals surface area contributed by atoms with Gasteiger partial charge in [0.05, 0.1) is 6.61 Å². The molecule has 0 aromatic rings. The average Bonchev–Trinajstić information content (AvgIpc) is 1.96. The van der Waals surface area contributed by atoms with Crippen LogP contribution in [-0.2, 0) is 9.53 Å². The van der Waals surface area contributed by atoms with Gasteiger partial charge in [0.25, 0.3) is 0 Å². The molecule has 2 nitrogen and oxygen atoms in total. The summed E-state index contributed by atoms with van der Waals surface area (Å²) in [5.41, 5.74) is 0. The molecule has 0 unspecified atom stereocenters. The first kappa shape index (κ1) is 12.0. The lowest BCUT2D eigenvalue weighted by Crippen LogP contribution is -2.17. The van der Waals surface area contributed by atoms with Crippen molar-refractivity contribution in [3.8, 4) is 0 Å². The maximum Gasteiger partial charge on any atom is 0.411 e. The van der Waals surface area contributed by atoms with Crippen LogP contribution in [0, 0.1) is 0 Å². The minimum absolute atomic E-state index is 0.0485. The standard InChI is InChI=1S/C6H8F3IO2/c1-10-5(11)2-3-12-4-6(7,8)9/h1-4H2. The van der Waals surface area contributed by atoms with Gasteiger partial charge in [-0.2, -0.15) is 13.2 Å². The lowest BCUT2D eigenvalue weighted by molar-refractivity contribution is -0.174. The third-order valence-corrected chi connectivity index (χ3v) is 2.25. The van der Waals surface area contributed by atoms with Crippen LogP contribution >= 0.6 is 20.7 Å². The van der Waals surface area contributed by atoms with Crippen LogP contribution in [0.2, 0.25) is 0 Å². The van der Waals surface area contributed by atoms with Gasteiger partial charge >= 0.3 is 6.18 Å². The Kier molecular flexibility index (Phi) is 5.64. The van der Waals surface area contributed by atoms with Crippen LogP contribution in [0.5, 0.6) is 0 Å². The van der Waals surface area contributed by atoms with E-state index in [2.05, 4.69) is 9.25 Å². The third-order valence-electron chi connectivity index (χ3n) is 0.858. The molecule has 0 aliphatic heterocycles. The van der Waals surface area contributed by atoms with E-state index in [1.807, 2.05) is 0 Å². The van der Waals surface area contributed by atoms with Crippen molar-refractivity contribution in [3.63, 3.8) is 0 Å².